The Labute approximate surface area is 173 Å². The third-order valence-corrected chi connectivity index (χ3v) is 6.32. The van der Waals surface area contributed by atoms with Crippen LogP contribution in [0.5, 0.6) is 5.75 Å². The van der Waals surface area contributed by atoms with Crippen molar-refractivity contribution in [1.29, 1.82) is 5.26 Å². The molecule has 29 heavy (non-hydrogen) atoms. The van der Waals surface area contributed by atoms with Gasteiger partial charge in [0.15, 0.2) is 0 Å². The molecule has 0 radical (unpaired) electrons. The Morgan fingerprint density at radius 3 is 2.55 bits per heavy atom. The minimum absolute atomic E-state index is 0.0259. The standard InChI is InChI=1S/C25H28N2O2/c1-17(2)29-21-9-11-25(12-10-21)15-20-8-7-19(14-23(20)24(25)27-16-26)18-5-4-6-22(13-18)28-3/h4-8,13-14,17,21H,9-12,15H2,1-3H3. The molecule has 2 aromatic carbocycles. The number of rotatable bonds is 4. The first-order chi connectivity index (χ1) is 14.0. The normalized spacial score (nSPS) is 24.7. The van der Waals surface area contributed by atoms with Crippen molar-refractivity contribution in [2.45, 2.75) is 58.2 Å². The number of benzene rings is 2. The van der Waals surface area contributed by atoms with Crippen molar-refractivity contribution in [3.05, 3.63) is 53.6 Å². The first kappa shape index (κ1) is 19.7. The van der Waals surface area contributed by atoms with Crippen LogP contribution in [0.25, 0.3) is 11.1 Å². The van der Waals surface area contributed by atoms with E-state index in [1.807, 2.05) is 18.2 Å². The lowest BCUT2D eigenvalue weighted by molar-refractivity contribution is -0.0250. The minimum atomic E-state index is -0.0259. The topological polar surface area (TPSA) is 54.6 Å². The maximum absolute atomic E-state index is 9.41. The molecule has 2 aliphatic rings. The molecule has 1 saturated carbocycles. The molecule has 4 rings (SSSR count). The summed E-state index contributed by atoms with van der Waals surface area (Å²) in [4.78, 5) is 4.35. The van der Waals surface area contributed by atoms with E-state index in [1.54, 1.807) is 7.11 Å². The molecule has 150 valence electrons. The zero-order chi connectivity index (χ0) is 20.4. The molecule has 0 bridgehead atoms. The Balaban J connectivity index is 1.65. The summed E-state index contributed by atoms with van der Waals surface area (Å²) < 4.78 is 11.4. The summed E-state index contributed by atoms with van der Waals surface area (Å²) in [5.41, 5.74) is 5.62. The van der Waals surface area contributed by atoms with E-state index in [2.05, 4.69) is 49.3 Å². The van der Waals surface area contributed by atoms with Crippen molar-refractivity contribution < 1.29 is 9.47 Å². The van der Waals surface area contributed by atoms with Crippen LogP contribution in [0.3, 0.4) is 0 Å². The maximum Gasteiger partial charge on any atom is 0.205 e. The molecular formula is C25H28N2O2. The molecule has 0 atom stereocenters. The van der Waals surface area contributed by atoms with Crippen LogP contribution in [0.1, 0.15) is 50.7 Å². The largest absolute Gasteiger partial charge is 0.497 e. The van der Waals surface area contributed by atoms with Crippen LogP contribution in [-0.2, 0) is 11.2 Å². The molecule has 4 heteroatoms. The molecule has 0 heterocycles. The quantitative estimate of drug-likeness (QED) is 0.646. The molecule has 0 unspecified atom stereocenters. The van der Waals surface area contributed by atoms with Gasteiger partial charge < -0.3 is 9.47 Å². The van der Waals surface area contributed by atoms with Gasteiger partial charge in [0.05, 0.1) is 25.0 Å². The van der Waals surface area contributed by atoms with Crippen LogP contribution < -0.4 is 4.74 Å². The summed E-state index contributed by atoms with van der Waals surface area (Å²) in [7, 11) is 1.68. The molecular weight excluding hydrogens is 360 g/mol. The maximum atomic E-state index is 9.41. The van der Waals surface area contributed by atoms with Crippen molar-refractivity contribution >= 4 is 5.71 Å². The molecule has 2 aliphatic carbocycles. The predicted octanol–water partition coefficient (Wildman–Crippen LogP) is 5.54. The number of methoxy groups -OCH3 is 1. The van der Waals surface area contributed by atoms with Gasteiger partial charge in [0.25, 0.3) is 0 Å². The van der Waals surface area contributed by atoms with Gasteiger partial charge in [-0.05, 0) is 80.8 Å². The molecule has 0 saturated heterocycles. The van der Waals surface area contributed by atoms with Gasteiger partial charge in [-0.3, -0.25) is 0 Å². The highest BCUT2D eigenvalue weighted by Crippen LogP contribution is 2.49. The number of nitriles is 1. The van der Waals surface area contributed by atoms with E-state index in [9.17, 15) is 5.26 Å². The van der Waals surface area contributed by atoms with Gasteiger partial charge >= 0.3 is 0 Å². The SMILES string of the molecule is COc1cccc(-c2ccc3c(c2)C(=NC#N)C2(CCC(OC(C)C)CC2)C3)c1. The Kier molecular flexibility index (Phi) is 5.43. The van der Waals surface area contributed by atoms with E-state index in [-0.39, 0.29) is 11.5 Å². The molecule has 4 nitrogen and oxygen atoms in total. The van der Waals surface area contributed by atoms with Crippen LogP contribution in [0.2, 0.25) is 0 Å². The summed E-state index contributed by atoms with van der Waals surface area (Å²) in [6, 6.07) is 14.7. The summed E-state index contributed by atoms with van der Waals surface area (Å²) >= 11 is 0. The fraction of sp³-hybridized carbons (Fsp3) is 0.440. The Hall–Kier alpha value is -2.64. The number of fused-ring (bicyclic) bond motifs is 1. The average molecular weight is 389 g/mol. The zero-order valence-corrected chi connectivity index (χ0v) is 17.4. The Morgan fingerprint density at radius 2 is 1.86 bits per heavy atom. The number of hydrogen-bond donors (Lipinski definition) is 0. The molecule has 2 aromatic rings. The van der Waals surface area contributed by atoms with Crippen LogP contribution in [0, 0.1) is 16.9 Å². The summed E-state index contributed by atoms with van der Waals surface area (Å²) in [5.74, 6) is 0.842. The van der Waals surface area contributed by atoms with E-state index in [0.717, 1.165) is 60.3 Å². The van der Waals surface area contributed by atoms with Crippen LogP contribution in [0.4, 0.5) is 0 Å². The predicted molar refractivity (Wildman–Crippen MR) is 115 cm³/mol. The third kappa shape index (κ3) is 3.80. The summed E-state index contributed by atoms with van der Waals surface area (Å²) in [6.07, 6.45) is 7.72. The van der Waals surface area contributed by atoms with Gasteiger partial charge in [-0.25, -0.2) is 0 Å². The van der Waals surface area contributed by atoms with Gasteiger partial charge in [0.1, 0.15) is 5.75 Å². The summed E-state index contributed by atoms with van der Waals surface area (Å²) in [5, 5.41) is 9.41. The highest BCUT2D eigenvalue weighted by atomic mass is 16.5. The third-order valence-electron chi connectivity index (χ3n) is 6.32. The molecule has 0 amide bonds. The molecule has 0 aliphatic heterocycles. The Bertz CT molecular complexity index is 963. The molecule has 1 fully saturated rings. The fourth-order valence-electron chi connectivity index (χ4n) is 4.97. The van der Waals surface area contributed by atoms with Crippen molar-refractivity contribution in [3.8, 4) is 23.1 Å². The number of ether oxygens (including phenoxy) is 2. The molecule has 0 N–H and O–H groups in total. The van der Waals surface area contributed by atoms with Gasteiger partial charge in [-0.2, -0.15) is 10.3 Å². The van der Waals surface area contributed by atoms with Gasteiger partial charge in [0.2, 0.25) is 6.19 Å². The van der Waals surface area contributed by atoms with Crippen molar-refractivity contribution in [2.75, 3.05) is 7.11 Å². The minimum Gasteiger partial charge on any atom is -0.497 e. The molecule has 0 aromatic heterocycles. The second kappa shape index (κ2) is 8.00. The monoisotopic (exact) mass is 388 g/mol. The lowest BCUT2D eigenvalue weighted by Crippen LogP contribution is -2.36. The lowest BCUT2D eigenvalue weighted by Gasteiger charge is -2.38. The lowest BCUT2D eigenvalue weighted by atomic mass is 9.70. The second-order valence-electron chi connectivity index (χ2n) is 8.51. The van der Waals surface area contributed by atoms with Crippen LogP contribution >= 0.6 is 0 Å². The van der Waals surface area contributed by atoms with Crippen LogP contribution in [-0.4, -0.2) is 25.0 Å². The van der Waals surface area contributed by atoms with E-state index >= 15 is 0 Å². The average Bonchev–Trinajstić information content (AvgIpc) is 3.02. The van der Waals surface area contributed by atoms with Crippen LogP contribution in [0.15, 0.2) is 47.5 Å². The summed E-state index contributed by atoms with van der Waals surface area (Å²) in [6.45, 7) is 4.19. The smallest absolute Gasteiger partial charge is 0.205 e. The van der Waals surface area contributed by atoms with Gasteiger partial charge in [0, 0.05) is 11.0 Å². The first-order valence-corrected chi connectivity index (χ1v) is 10.4. The van der Waals surface area contributed by atoms with Crippen molar-refractivity contribution in [2.24, 2.45) is 10.4 Å². The highest BCUT2D eigenvalue weighted by Gasteiger charge is 2.46. The fourth-order valence-corrected chi connectivity index (χ4v) is 4.97. The number of aliphatic imine (C=N–C) groups is 1. The van der Waals surface area contributed by atoms with Crippen molar-refractivity contribution in [3.63, 3.8) is 0 Å². The highest BCUT2D eigenvalue weighted by molar-refractivity contribution is 6.10. The molecule has 1 spiro atoms. The van der Waals surface area contributed by atoms with Crippen molar-refractivity contribution in [1.82, 2.24) is 0 Å². The Morgan fingerprint density at radius 1 is 1.10 bits per heavy atom. The van der Waals surface area contributed by atoms with E-state index in [1.165, 1.54) is 5.56 Å². The number of nitrogens with zero attached hydrogens (tertiary/aromatic N) is 2. The van der Waals surface area contributed by atoms with Gasteiger partial charge in [-0.15, -0.1) is 0 Å². The van der Waals surface area contributed by atoms with E-state index < -0.39 is 0 Å². The number of hydrogen-bond acceptors (Lipinski definition) is 4. The van der Waals surface area contributed by atoms with Gasteiger partial charge in [-0.1, -0.05) is 24.3 Å². The van der Waals surface area contributed by atoms with E-state index in [4.69, 9.17) is 9.47 Å². The second-order valence-corrected chi connectivity index (χ2v) is 8.51. The first-order valence-electron chi connectivity index (χ1n) is 10.4. The van der Waals surface area contributed by atoms with E-state index in [0.29, 0.717) is 6.10 Å². The zero-order valence-electron chi connectivity index (χ0n) is 17.4.